The lowest BCUT2D eigenvalue weighted by Gasteiger charge is -2.19. The SMILES string of the molecule is COc1ccc(C(=O)OCC(=O)Nc2ccc(F)cc2)cc1S(=O)(=O)N(C)Cc1ccccc1. The molecular weight excluding hydrogens is 463 g/mol. The van der Waals surface area contributed by atoms with Crippen LogP contribution in [0.5, 0.6) is 5.75 Å². The van der Waals surface area contributed by atoms with Gasteiger partial charge < -0.3 is 14.8 Å². The van der Waals surface area contributed by atoms with Crippen LogP contribution in [0.15, 0.2) is 77.7 Å². The molecule has 0 heterocycles. The van der Waals surface area contributed by atoms with Gasteiger partial charge in [-0.05, 0) is 48.0 Å². The molecule has 34 heavy (non-hydrogen) atoms. The molecule has 3 aromatic rings. The van der Waals surface area contributed by atoms with E-state index in [1.54, 1.807) is 24.3 Å². The summed E-state index contributed by atoms with van der Waals surface area (Å²) in [5.74, 6) is -1.92. The van der Waals surface area contributed by atoms with Crippen LogP contribution in [-0.2, 0) is 26.1 Å². The molecule has 0 unspecified atom stereocenters. The molecular formula is C24H23FN2O6S. The second kappa shape index (κ2) is 10.9. The summed E-state index contributed by atoms with van der Waals surface area (Å²) in [6.45, 7) is -0.497. The van der Waals surface area contributed by atoms with Crippen LogP contribution in [0.25, 0.3) is 0 Å². The summed E-state index contributed by atoms with van der Waals surface area (Å²) in [5.41, 5.74) is 1.05. The number of ether oxygens (including phenoxy) is 2. The normalized spacial score (nSPS) is 11.2. The molecule has 0 spiro atoms. The maximum atomic E-state index is 13.2. The largest absolute Gasteiger partial charge is 0.495 e. The summed E-state index contributed by atoms with van der Waals surface area (Å²) in [6, 6.07) is 18.0. The first-order chi connectivity index (χ1) is 16.2. The van der Waals surface area contributed by atoms with Crippen LogP contribution in [0, 0.1) is 5.82 Å². The van der Waals surface area contributed by atoms with Crippen LogP contribution >= 0.6 is 0 Å². The lowest BCUT2D eigenvalue weighted by atomic mass is 10.2. The van der Waals surface area contributed by atoms with Gasteiger partial charge in [0.2, 0.25) is 10.0 Å². The van der Waals surface area contributed by atoms with Crippen LogP contribution in [0.2, 0.25) is 0 Å². The molecule has 0 radical (unpaired) electrons. The van der Waals surface area contributed by atoms with Crippen molar-refractivity contribution in [1.29, 1.82) is 0 Å². The minimum absolute atomic E-state index is 0.0607. The molecule has 1 amide bonds. The highest BCUT2D eigenvalue weighted by molar-refractivity contribution is 7.89. The van der Waals surface area contributed by atoms with Crippen LogP contribution in [-0.4, -0.2) is 45.4 Å². The number of esters is 1. The number of rotatable bonds is 9. The predicted octanol–water partition coefficient (Wildman–Crippen LogP) is 3.45. The molecule has 178 valence electrons. The standard InChI is InChI=1S/C24H23FN2O6S/c1-27(15-17-6-4-3-5-7-17)34(30,31)22-14-18(8-13-21(22)32-2)24(29)33-16-23(28)26-20-11-9-19(25)10-12-20/h3-14H,15-16H2,1-2H3,(H,26,28). The third kappa shape index (κ3) is 6.18. The summed E-state index contributed by atoms with van der Waals surface area (Å²) in [7, 11) is -1.27. The second-order valence-electron chi connectivity index (χ2n) is 7.24. The van der Waals surface area contributed by atoms with Crippen molar-refractivity contribution in [3.05, 3.63) is 89.7 Å². The number of carbonyl (C=O) groups excluding carboxylic acids is 2. The molecule has 0 atom stereocenters. The Balaban J connectivity index is 1.72. The van der Waals surface area contributed by atoms with Gasteiger partial charge in [-0.2, -0.15) is 4.31 Å². The molecule has 3 aromatic carbocycles. The lowest BCUT2D eigenvalue weighted by Crippen LogP contribution is -2.27. The summed E-state index contributed by atoms with van der Waals surface area (Å²) in [6.07, 6.45) is 0. The molecule has 0 aromatic heterocycles. The summed E-state index contributed by atoms with van der Waals surface area (Å²) in [4.78, 5) is 24.3. The Morgan fingerprint density at radius 2 is 1.68 bits per heavy atom. The van der Waals surface area contributed by atoms with Crippen molar-refractivity contribution in [2.75, 3.05) is 26.1 Å². The highest BCUT2D eigenvalue weighted by Crippen LogP contribution is 2.28. The Bertz CT molecular complexity index is 1260. The number of nitrogens with one attached hydrogen (secondary N) is 1. The van der Waals surface area contributed by atoms with E-state index in [1.807, 2.05) is 6.07 Å². The fourth-order valence-corrected chi connectivity index (χ4v) is 4.38. The van der Waals surface area contributed by atoms with Gasteiger partial charge in [0.05, 0.1) is 12.7 Å². The van der Waals surface area contributed by atoms with Crippen molar-refractivity contribution in [2.45, 2.75) is 11.4 Å². The molecule has 0 aliphatic rings. The van der Waals surface area contributed by atoms with Crippen LogP contribution in [0.4, 0.5) is 10.1 Å². The van der Waals surface area contributed by atoms with Crippen molar-refractivity contribution >= 4 is 27.6 Å². The van der Waals surface area contributed by atoms with E-state index in [1.165, 1.54) is 50.6 Å². The molecule has 0 fully saturated rings. The zero-order valence-electron chi connectivity index (χ0n) is 18.5. The third-order valence-corrected chi connectivity index (χ3v) is 6.62. The average molecular weight is 487 g/mol. The number of carbonyl (C=O) groups is 2. The minimum Gasteiger partial charge on any atom is -0.495 e. The van der Waals surface area contributed by atoms with Gasteiger partial charge in [0.25, 0.3) is 5.91 Å². The monoisotopic (exact) mass is 486 g/mol. The Morgan fingerprint density at radius 1 is 1.00 bits per heavy atom. The second-order valence-corrected chi connectivity index (χ2v) is 9.26. The third-order valence-electron chi connectivity index (χ3n) is 4.80. The Hall–Kier alpha value is -3.76. The van der Waals surface area contributed by atoms with Crippen LogP contribution in [0.1, 0.15) is 15.9 Å². The van der Waals surface area contributed by atoms with Gasteiger partial charge in [0.1, 0.15) is 16.5 Å². The smallest absolute Gasteiger partial charge is 0.338 e. The van der Waals surface area contributed by atoms with Gasteiger partial charge in [-0.25, -0.2) is 17.6 Å². The molecule has 3 rings (SSSR count). The predicted molar refractivity (Wildman–Crippen MR) is 123 cm³/mol. The number of methoxy groups -OCH3 is 1. The Kier molecular flexibility index (Phi) is 7.98. The molecule has 8 nitrogen and oxygen atoms in total. The van der Waals surface area contributed by atoms with Crippen molar-refractivity contribution in [3.63, 3.8) is 0 Å². The van der Waals surface area contributed by atoms with E-state index in [-0.39, 0.29) is 22.8 Å². The van der Waals surface area contributed by atoms with E-state index in [9.17, 15) is 22.4 Å². The van der Waals surface area contributed by atoms with Crippen molar-refractivity contribution in [3.8, 4) is 5.75 Å². The van der Waals surface area contributed by atoms with Gasteiger partial charge in [-0.3, -0.25) is 4.79 Å². The summed E-state index contributed by atoms with van der Waals surface area (Å²) < 4.78 is 50.7. The number of hydrogen-bond acceptors (Lipinski definition) is 6. The first kappa shape index (κ1) is 24.9. The van der Waals surface area contributed by atoms with Crippen LogP contribution < -0.4 is 10.1 Å². The summed E-state index contributed by atoms with van der Waals surface area (Å²) in [5, 5.41) is 2.46. The molecule has 10 heteroatoms. The van der Waals surface area contributed by atoms with Gasteiger partial charge in [0.15, 0.2) is 6.61 Å². The zero-order valence-corrected chi connectivity index (χ0v) is 19.3. The molecule has 0 saturated carbocycles. The number of halogens is 1. The Morgan fingerprint density at radius 3 is 2.32 bits per heavy atom. The van der Waals surface area contributed by atoms with E-state index in [2.05, 4.69) is 5.32 Å². The fourth-order valence-electron chi connectivity index (χ4n) is 3.04. The van der Waals surface area contributed by atoms with E-state index in [0.717, 1.165) is 15.9 Å². The first-order valence-corrected chi connectivity index (χ1v) is 11.6. The maximum Gasteiger partial charge on any atom is 0.338 e. The van der Waals surface area contributed by atoms with E-state index in [0.29, 0.717) is 5.69 Å². The quantitative estimate of drug-likeness (QED) is 0.465. The van der Waals surface area contributed by atoms with E-state index < -0.39 is 34.3 Å². The first-order valence-electron chi connectivity index (χ1n) is 10.1. The van der Waals surface area contributed by atoms with Crippen molar-refractivity contribution in [1.82, 2.24) is 4.31 Å². The lowest BCUT2D eigenvalue weighted by molar-refractivity contribution is -0.119. The molecule has 0 bridgehead atoms. The van der Waals surface area contributed by atoms with E-state index in [4.69, 9.17) is 9.47 Å². The van der Waals surface area contributed by atoms with E-state index >= 15 is 0 Å². The molecule has 0 aliphatic carbocycles. The maximum absolute atomic E-state index is 13.2. The van der Waals surface area contributed by atoms with Gasteiger partial charge in [-0.1, -0.05) is 30.3 Å². The Labute approximate surface area is 197 Å². The topological polar surface area (TPSA) is 102 Å². The van der Waals surface area contributed by atoms with Gasteiger partial charge >= 0.3 is 5.97 Å². The molecule has 0 aliphatic heterocycles. The van der Waals surface area contributed by atoms with Crippen molar-refractivity contribution in [2.24, 2.45) is 0 Å². The van der Waals surface area contributed by atoms with Crippen LogP contribution in [0.3, 0.4) is 0 Å². The number of hydrogen-bond donors (Lipinski definition) is 1. The number of nitrogens with zero attached hydrogens (tertiary/aromatic N) is 1. The highest BCUT2D eigenvalue weighted by atomic mass is 32.2. The van der Waals surface area contributed by atoms with Crippen molar-refractivity contribution < 1.29 is 31.9 Å². The zero-order chi connectivity index (χ0) is 24.7. The average Bonchev–Trinajstić information content (AvgIpc) is 2.84. The number of amides is 1. The number of benzene rings is 3. The van der Waals surface area contributed by atoms with Gasteiger partial charge in [0, 0.05) is 19.3 Å². The summed E-state index contributed by atoms with van der Waals surface area (Å²) >= 11 is 0. The fraction of sp³-hybridized carbons (Fsp3) is 0.167. The van der Waals surface area contributed by atoms with Gasteiger partial charge in [-0.15, -0.1) is 0 Å². The highest BCUT2D eigenvalue weighted by Gasteiger charge is 2.27. The molecule has 0 saturated heterocycles. The molecule has 1 N–H and O–H groups in total. The number of sulfonamides is 1. The minimum atomic E-state index is -4.02. The number of anilines is 1.